The van der Waals surface area contributed by atoms with E-state index in [0.29, 0.717) is 18.6 Å². The lowest BCUT2D eigenvalue weighted by molar-refractivity contribution is 0.139. The van der Waals surface area contributed by atoms with Gasteiger partial charge >= 0.3 is 0 Å². The van der Waals surface area contributed by atoms with Crippen LogP contribution in [-0.4, -0.2) is 13.2 Å². The van der Waals surface area contributed by atoms with Crippen LogP contribution in [0, 0.1) is 5.82 Å². The molecule has 0 saturated carbocycles. The van der Waals surface area contributed by atoms with Crippen LogP contribution in [0.3, 0.4) is 0 Å². The maximum Gasteiger partial charge on any atom is 0.128 e. The zero-order valence-electron chi connectivity index (χ0n) is 8.71. The van der Waals surface area contributed by atoms with Gasteiger partial charge < -0.3 is 10.5 Å². The van der Waals surface area contributed by atoms with Crippen molar-refractivity contribution >= 4 is 0 Å². The Bertz CT molecular complexity index is 332. The van der Waals surface area contributed by atoms with Crippen molar-refractivity contribution in [3.05, 3.63) is 35.6 Å². The predicted octanol–water partition coefficient (Wildman–Crippen LogP) is 2.18. The molecule has 15 heavy (non-hydrogen) atoms. The van der Waals surface area contributed by atoms with Gasteiger partial charge in [0.1, 0.15) is 5.82 Å². The monoisotopic (exact) mass is 209 g/mol. The molecular formula is C12H16FNO. The van der Waals surface area contributed by atoms with Gasteiger partial charge in [0, 0.05) is 24.3 Å². The molecule has 1 saturated heterocycles. The van der Waals surface area contributed by atoms with E-state index in [1.165, 1.54) is 6.07 Å². The SMILES string of the molecule is NC1(c2ccccc2F)CCCOCC1. The first-order valence-electron chi connectivity index (χ1n) is 5.34. The summed E-state index contributed by atoms with van der Waals surface area (Å²) in [7, 11) is 0. The van der Waals surface area contributed by atoms with E-state index in [1.807, 2.05) is 6.07 Å². The van der Waals surface area contributed by atoms with Crippen LogP contribution in [0.25, 0.3) is 0 Å². The third-order valence-corrected chi connectivity index (χ3v) is 3.01. The Morgan fingerprint density at radius 2 is 2.00 bits per heavy atom. The number of hydrogen-bond donors (Lipinski definition) is 1. The molecule has 1 aliphatic rings. The molecule has 1 heterocycles. The van der Waals surface area contributed by atoms with Crippen LogP contribution < -0.4 is 5.73 Å². The number of ether oxygens (including phenoxy) is 1. The summed E-state index contributed by atoms with van der Waals surface area (Å²) in [5.74, 6) is -0.207. The summed E-state index contributed by atoms with van der Waals surface area (Å²) in [6.07, 6.45) is 2.37. The molecule has 82 valence electrons. The minimum Gasteiger partial charge on any atom is -0.381 e. The Balaban J connectivity index is 2.30. The molecule has 2 nitrogen and oxygen atoms in total. The Kier molecular flexibility index (Phi) is 3.03. The van der Waals surface area contributed by atoms with Crippen molar-refractivity contribution in [3.8, 4) is 0 Å². The fourth-order valence-corrected chi connectivity index (χ4v) is 2.11. The van der Waals surface area contributed by atoms with Crippen LogP contribution in [-0.2, 0) is 10.3 Å². The predicted molar refractivity (Wildman–Crippen MR) is 56.9 cm³/mol. The van der Waals surface area contributed by atoms with E-state index in [1.54, 1.807) is 12.1 Å². The molecule has 1 aromatic carbocycles. The second kappa shape index (κ2) is 4.29. The molecule has 0 bridgehead atoms. The summed E-state index contributed by atoms with van der Waals surface area (Å²) in [5, 5.41) is 0. The normalized spacial score (nSPS) is 27.3. The van der Waals surface area contributed by atoms with E-state index in [0.717, 1.165) is 19.4 Å². The molecule has 0 radical (unpaired) electrons. The minimum absolute atomic E-state index is 0.207. The van der Waals surface area contributed by atoms with Gasteiger partial charge in [-0.25, -0.2) is 4.39 Å². The van der Waals surface area contributed by atoms with Crippen LogP contribution in [0.2, 0.25) is 0 Å². The number of benzene rings is 1. The van der Waals surface area contributed by atoms with Crippen LogP contribution in [0.15, 0.2) is 24.3 Å². The Morgan fingerprint density at radius 1 is 1.20 bits per heavy atom. The molecule has 2 rings (SSSR count). The Morgan fingerprint density at radius 3 is 2.80 bits per heavy atom. The van der Waals surface area contributed by atoms with E-state index >= 15 is 0 Å². The molecule has 0 amide bonds. The highest BCUT2D eigenvalue weighted by Gasteiger charge is 2.30. The lowest BCUT2D eigenvalue weighted by atomic mass is 9.84. The first-order chi connectivity index (χ1) is 7.22. The van der Waals surface area contributed by atoms with Gasteiger partial charge in [0.15, 0.2) is 0 Å². The average molecular weight is 209 g/mol. The molecule has 1 aromatic rings. The van der Waals surface area contributed by atoms with E-state index in [9.17, 15) is 4.39 Å². The molecule has 1 fully saturated rings. The first-order valence-corrected chi connectivity index (χ1v) is 5.34. The van der Waals surface area contributed by atoms with Gasteiger partial charge in [-0.3, -0.25) is 0 Å². The Hall–Kier alpha value is -0.930. The molecule has 1 unspecified atom stereocenters. The number of nitrogens with two attached hydrogens (primary N) is 1. The second-order valence-corrected chi connectivity index (χ2v) is 4.10. The van der Waals surface area contributed by atoms with Gasteiger partial charge in [0.25, 0.3) is 0 Å². The zero-order valence-corrected chi connectivity index (χ0v) is 8.71. The highest BCUT2D eigenvalue weighted by molar-refractivity contribution is 5.26. The third kappa shape index (κ3) is 2.19. The smallest absolute Gasteiger partial charge is 0.128 e. The van der Waals surface area contributed by atoms with Crippen molar-refractivity contribution < 1.29 is 9.13 Å². The number of hydrogen-bond acceptors (Lipinski definition) is 2. The van der Waals surface area contributed by atoms with Crippen molar-refractivity contribution in [1.82, 2.24) is 0 Å². The van der Waals surface area contributed by atoms with Crippen LogP contribution in [0.4, 0.5) is 4.39 Å². The molecule has 1 aliphatic heterocycles. The van der Waals surface area contributed by atoms with Crippen LogP contribution in [0.1, 0.15) is 24.8 Å². The van der Waals surface area contributed by atoms with E-state index in [4.69, 9.17) is 10.5 Å². The summed E-state index contributed by atoms with van der Waals surface area (Å²) in [6, 6.07) is 6.77. The first kappa shape index (κ1) is 10.6. The molecule has 1 atom stereocenters. The van der Waals surface area contributed by atoms with Crippen LogP contribution in [0.5, 0.6) is 0 Å². The largest absolute Gasteiger partial charge is 0.381 e. The van der Waals surface area contributed by atoms with Gasteiger partial charge in [0.2, 0.25) is 0 Å². The van der Waals surface area contributed by atoms with Gasteiger partial charge in [-0.2, -0.15) is 0 Å². The molecule has 0 aliphatic carbocycles. The van der Waals surface area contributed by atoms with Crippen LogP contribution >= 0.6 is 0 Å². The van der Waals surface area contributed by atoms with Crippen molar-refractivity contribution in [2.24, 2.45) is 5.73 Å². The maximum atomic E-state index is 13.6. The van der Waals surface area contributed by atoms with Gasteiger partial charge in [0.05, 0.1) is 0 Å². The van der Waals surface area contributed by atoms with E-state index < -0.39 is 5.54 Å². The summed E-state index contributed by atoms with van der Waals surface area (Å²) >= 11 is 0. The third-order valence-electron chi connectivity index (χ3n) is 3.01. The van der Waals surface area contributed by atoms with E-state index in [2.05, 4.69) is 0 Å². The summed E-state index contributed by atoms with van der Waals surface area (Å²) in [5.41, 5.74) is 6.33. The lowest BCUT2D eigenvalue weighted by Crippen LogP contribution is -2.37. The summed E-state index contributed by atoms with van der Waals surface area (Å²) < 4.78 is 19.0. The highest BCUT2D eigenvalue weighted by atomic mass is 19.1. The van der Waals surface area contributed by atoms with Gasteiger partial charge in [-0.05, 0) is 25.3 Å². The summed E-state index contributed by atoms with van der Waals surface area (Å²) in [4.78, 5) is 0. The molecule has 3 heteroatoms. The minimum atomic E-state index is -0.554. The quantitative estimate of drug-likeness (QED) is 0.769. The summed E-state index contributed by atoms with van der Waals surface area (Å²) in [6.45, 7) is 1.35. The van der Waals surface area contributed by atoms with Crippen molar-refractivity contribution in [2.75, 3.05) is 13.2 Å². The molecular weight excluding hydrogens is 193 g/mol. The van der Waals surface area contributed by atoms with Crippen molar-refractivity contribution in [3.63, 3.8) is 0 Å². The van der Waals surface area contributed by atoms with Gasteiger partial charge in [-0.1, -0.05) is 18.2 Å². The second-order valence-electron chi connectivity index (χ2n) is 4.10. The molecule has 0 aromatic heterocycles. The number of rotatable bonds is 1. The highest BCUT2D eigenvalue weighted by Crippen LogP contribution is 2.31. The van der Waals surface area contributed by atoms with E-state index in [-0.39, 0.29) is 5.82 Å². The Labute approximate surface area is 89.2 Å². The fourth-order valence-electron chi connectivity index (χ4n) is 2.11. The molecule has 2 N–H and O–H groups in total. The zero-order chi connectivity index (χ0) is 10.7. The standard InChI is InChI=1S/C12H16FNO/c13-11-5-2-1-4-10(11)12(14)6-3-8-15-9-7-12/h1-2,4-5H,3,6-9,14H2. The topological polar surface area (TPSA) is 35.2 Å². The number of halogens is 1. The maximum absolute atomic E-state index is 13.6. The molecule has 0 spiro atoms. The van der Waals surface area contributed by atoms with Gasteiger partial charge in [-0.15, -0.1) is 0 Å². The fraction of sp³-hybridized carbons (Fsp3) is 0.500. The lowest BCUT2D eigenvalue weighted by Gasteiger charge is -2.28. The van der Waals surface area contributed by atoms with Crippen molar-refractivity contribution in [2.45, 2.75) is 24.8 Å². The average Bonchev–Trinajstić information content (AvgIpc) is 2.44. The van der Waals surface area contributed by atoms with Crippen molar-refractivity contribution in [1.29, 1.82) is 0 Å².